The molecule has 23 heavy (non-hydrogen) atoms. The third-order valence-corrected chi connectivity index (χ3v) is 5.90. The Hall–Kier alpha value is -0.120. The van der Waals surface area contributed by atoms with Crippen LogP contribution in [0, 0.1) is 5.92 Å². The van der Waals surface area contributed by atoms with Crippen LogP contribution in [0.5, 0.6) is 0 Å². The third-order valence-electron chi connectivity index (χ3n) is 5.90. The molecule has 3 nitrogen and oxygen atoms in total. The number of hydrogen-bond acceptors (Lipinski definition) is 3. The van der Waals surface area contributed by atoms with E-state index in [1.165, 1.54) is 71.2 Å². The molecule has 2 fully saturated rings. The van der Waals surface area contributed by atoms with E-state index in [2.05, 4.69) is 44.4 Å². The van der Waals surface area contributed by atoms with Crippen molar-refractivity contribution >= 4 is 0 Å². The van der Waals surface area contributed by atoms with Crippen molar-refractivity contribution in [3.05, 3.63) is 0 Å². The Balaban J connectivity index is 1.64. The fourth-order valence-electron chi connectivity index (χ4n) is 4.49. The molecule has 136 valence electrons. The monoisotopic (exact) mass is 324 g/mol. The van der Waals surface area contributed by atoms with Crippen molar-refractivity contribution in [1.29, 1.82) is 0 Å². The zero-order valence-electron chi connectivity index (χ0n) is 16.3. The highest BCUT2D eigenvalue weighted by Crippen LogP contribution is 2.30. The molecule has 0 aromatic rings. The van der Waals surface area contributed by atoms with Crippen LogP contribution in [0.2, 0.25) is 0 Å². The van der Waals surface area contributed by atoms with Crippen LogP contribution in [0.1, 0.15) is 73.1 Å². The molecule has 2 aliphatic rings. The van der Waals surface area contributed by atoms with E-state index in [9.17, 15) is 0 Å². The van der Waals surface area contributed by atoms with Crippen LogP contribution in [-0.4, -0.2) is 60.3 Å². The van der Waals surface area contributed by atoms with Crippen molar-refractivity contribution in [1.82, 2.24) is 9.80 Å². The number of nitrogens with zero attached hydrogens (tertiary/aromatic N) is 2. The lowest BCUT2D eigenvalue weighted by molar-refractivity contribution is -0.0211. The Labute approximate surface area is 144 Å². The van der Waals surface area contributed by atoms with Crippen LogP contribution in [0.3, 0.4) is 0 Å². The first-order valence-electron chi connectivity index (χ1n) is 10.0. The summed E-state index contributed by atoms with van der Waals surface area (Å²) in [6, 6.07) is 0. The van der Waals surface area contributed by atoms with E-state index in [1.807, 2.05) is 0 Å². The molecular weight excluding hydrogens is 284 g/mol. The fourth-order valence-corrected chi connectivity index (χ4v) is 4.49. The smallest absolute Gasteiger partial charge is 0.0578 e. The summed E-state index contributed by atoms with van der Waals surface area (Å²) in [5.41, 5.74) is 0.344. The van der Waals surface area contributed by atoms with Crippen molar-refractivity contribution in [3.8, 4) is 0 Å². The molecule has 0 radical (unpaired) electrons. The molecule has 0 N–H and O–H groups in total. The van der Waals surface area contributed by atoms with Gasteiger partial charge in [0.1, 0.15) is 0 Å². The van der Waals surface area contributed by atoms with Gasteiger partial charge in [-0.2, -0.15) is 0 Å². The van der Waals surface area contributed by atoms with Crippen molar-refractivity contribution in [2.75, 3.05) is 32.7 Å². The van der Waals surface area contributed by atoms with Crippen molar-refractivity contribution < 1.29 is 4.74 Å². The van der Waals surface area contributed by atoms with Crippen LogP contribution < -0.4 is 0 Å². The number of hydrogen-bond donors (Lipinski definition) is 0. The predicted octanol–water partition coefficient (Wildman–Crippen LogP) is 4.17. The van der Waals surface area contributed by atoms with Gasteiger partial charge in [-0.05, 0) is 85.2 Å². The van der Waals surface area contributed by atoms with E-state index in [0.29, 0.717) is 17.7 Å². The lowest BCUT2D eigenvalue weighted by Crippen LogP contribution is -2.59. The molecule has 2 rings (SSSR count). The molecule has 0 atom stereocenters. The van der Waals surface area contributed by atoms with Gasteiger partial charge in [0, 0.05) is 25.2 Å². The van der Waals surface area contributed by atoms with Gasteiger partial charge in [-0.1, -0.05) is 6.92 Å². The van der Waals surface area contributed by atoms with Gasteiger partial charge in [0.15, 0.2) is 0 Å². The van der Waals surface area contributed by atoms with Gasteiger partial charge in [-0.25, -0.2) is 0 Å². The summed E-state index contributed by atoms with van der Waals surface area (Å²) < 4.78 is 5.97. The Kier molecular flexibility index (Phi) is 7.37. The summed E-state index contributed by atoms with van der Waals surface area (Å²) in [4.78, 5) is 5.32. The zero-order valence-corrected chi connectivity index (χ0v) is 16.3. The van der Waals surface area contributed by atoms with E-state index >= 15 is 0 Å². The normalized spacial score (nSPS) is 30.0. The highest BCUT2D eigenvalue weighted by Gasteiger charge is 2.32. The molecule has 3 heteroatoms. The maximum Gasteiger partial charge on any atom is 0.0578 e. The summed E-state index contributed by atoms with van der Waals surface area (Å²) in [5.74, 6) is 0.946. The Morgan fingerprint density at radius 2 is 1.78 bits per heavy atom. The lowest BCUT2D eigenvalue weighted by atomic mass is 9.84. The Morgan fingerprint density at radius 3 is 2.35 bits per heavy atom. The number of ether oxygens (including phenoxy) is 1. The molecule has 1 aliphatic heterocycles. The van der Waals surface area contributed by atoms with Gasteiger partial charge < -0.3 is 9.64 Å². The standard InChI is InChI=1S/C20H40N2O/c1-6-21-14-15-22(20(4,5)16-21)13-7-8-18-9-11-19(12-10-18)23-17(2)3/h17-19H,6-16H2,1-5H3. The molecule has 1 saturated carbocycles. The summed E-state index contributed by atoms with van der Waals surface area (Å²) in [7, 11) is 0. The maximum atomic E-state index is 5.97. The molecule has 1 aliphatic carbocycles. The van der Waals surface area contributed by atoms with E-state index in [0.717, 1.165) is 5.92 Å². The second kappa shape index (κ2) is 8.82. The summed E-state index contributed by atoms with van der Waals surface area (Å²) in [6.45, 7) is 17.6. The molecule has 0 spiro atoms. The van der Waals surface area contributed by atoms with Crippen LogP contribution in [0.25, 0.3) is 0 Å². The average Bonchev–Trinajstić information content (AvgIpc) is 2.49. The molecule has 0 bridgehead atoms. The molecule has 1 saturated heterocycles. The highest BCUT2D eigenvalue weighted by atomic mass is 16.5. The molecule has 0 amide bonds. The van der Waals surface area contributed by atoms with Crippen LogP contribution >= 0.6 is 0 Å². The summed E-state index contributed by atoms with van der Waals surface area (Å²) in [6.07, 6.45) is 9.03. The average molecular weight is 325 g/mol. The van der Waals surface area contributed by atoms with Gasteiger partial charge in [0.25, 0.3) is 0 Å². The van der Waals surface area contributed by atoms with Gasteiger partial charge >= 0.3 is 0 Å². The third kappa shape index (κ3) is 6.03. The molecular formula is C20H40N2O. The van der Waals surface area contributed by atoms with Crippen LogP contribution in [-0.2, 0) is 4.74 Å². The molecule has 0 aromatic carbocycles. The van der Waals surface area contributed by atoms with Crippen molar-refractivity contribution in [2.24, 2.45) is 5.92 Å². The number of piperazine rings is 1. The van der Waals surface area contributed by atoms with E-state index in [4.69, 9.17) is 4.74 Å². The first kappa shape index (κ1) is 19.2. The second-order valence-corrected chi connectivity index (χ2v) is 8.64. The number of rotatable bonds is 7. The van der Waals surface area contributed by atoms with E-state index in [-0.39, 0.29) is 0 Å². The lowest BCUT2D eigenvalue weighted by Gasteiger charge is -2.47. The van der Waals surface area contributed by atoms with Crippen molar-refractivity contribution in [3.63, 3.8) is 0 Å². The van der Waals surface area contributed by atoms with Gasteiger partial charge in [0.2, 0.25) is 0 Å². The molecule has 1 heterocycles. The first-order valence-corrected chi connectivity index (χ1v) is 10.0. The summed E-state index contributed by atoms with van der Waals surface area (Å²) >= 11 is 0. The molecule has 0 unspecified atom stereocenters. The minimum absolute atomic E-state index is 0.344. The van der Waals surface area contributed by atoms with Crippen molar-refractivity contribution in [2.45, 2.75) is 90.9 Å². The minimum atomic E-state index is 0.344. The van der Waals surface area contributed by atoms with Crippen LogP contribution in [0.15, 0.2) is 0 Å². The first-order chi connectivity index (χ1) is 10.9. The highest BCUT2D eigenvalue weighted by molar-refractivity contribution is 4.89. The molecule has 0 aromatic heterocycles. The second-order valence-electron chi connectivity index (χ2n) is 8.64. The topological polar surface area (TPSA) is 15.7 Å². The SMILES string of the molecule is CCN1CCN(CCCC2CCC(OC(C)C)CC2)C(C)(C)C1. The van der Waals surface area contributed by atoms with Gasteiger partial charge in [-0.3, -0.25) is 4.90 Å². The van der Waals surface area contributed by atoms with E-state index in [1.54, 1.807) is 0 Å². The zero-order chi connectivity index (χ0) is 16.9. The van der Waals surface area contributed by atoms with E-state index < -0.39 is 0 Å². The largest absolute Gasteiger partial charge is 0.376 e. The minimum Gasteiger partial charge on any atom is -0.376 e. The summed E-state index contributed by atoms with van der Waals surface area (Å²) in [5, 5.41) is 0. The predicted molar refractivity (Wildman–Crippen MR) is 99.0 cm³/mol. The van der Waals surface area contributed by atoms with Crippen LogP contribution in [0.4, 0.5) is 0 Å². The Morgan fingerprint density at radius 1 is 1.09 bits per heavy atom. The van der Waals surface area contributed by atoms with Gasteiger partial charge in [0.05, 0.1) is 12.2 Å². The Bertz CT molecular complexity index is 335. The number of likely N-dealkylation sites (N-methyl/N-ethyl adjacent to an activating group) is 1. The quantitative estimate of drug-likeness (QED) is 0.699. The fraction of sp³-hybridized carbons (Fsp3) is 1.00. The van der Waals surface area contributed by atoms with Gasteiger partial charge in [-0.15, -0.1) is 0 Å². The maximum absolute atomic E-state index is 5.97.